The van der Waals surface area contributed by atoms with Crippen molar-refractivity contribution >= 4 is 50.7 Å². The molecule has 0 saturated heterocycles. The predicted octanol–water partition coefficient (Wildman–Crippen LogP) is 5.46. The number of fused-ring (bicyclic) bond motifs is 3. The first-order valence-corrected chi connectivity index (χ1v) is 10.9. The molecule has 0 aliphatic carbocycles. The Bertz CT molecular complexity index is 944. The van der Waals surface area contributed by atoms with Gasteiger partial charge in [0.2, 0.25) is 0 Å². The highest BCUT2D eigenvalue weighted by atomic mass is 35.5. The van der Waals surface area contributed by atoms with E-state index in [0.29, 0.717) is 17.6 Å². The van der Waals surface area contributed by atoms with E-state index in [0.717, 1.165) is 45.8 Å². The molecule has 0 saturated carbocycles. The number of rotatable bonds is 5. The van der Waals surface area contributed by atoms with Crippen LogP contribution in [0.3, 0.4) is 0 Å². The Morgan fingerprint density at radius 1 is 1.35 bits per heavy atom. The maximum Gasteiger partial charge on any atom is 0.191 e. The van der Waals surface area contributed by atoms with Crippen LogP contribution in [0.5, 0.6) is 0 Å². The summed E-state index contributed by atoms with van der Waals surface area (Å²) in [5.41, 5.74) is 8.68. The fourth-order valence-corrected chi connectivity index (χ4v) is 5.58. The molecule has 0 unspecified atom stereocenters. The van der Waals surface area contributed by atoms with Crippen molar-refractivity contribution in [2.45, 2.75) is 49.8 Å². The average molecular weight is 406 g/mol. The topological polar surface area (TPSA) is 61.0 Å². The monoisotopic (exact) mass is 405 g/mol. The van der Waals surface area contributed by atoms with Gasteiger partial charge in [0.1, 0.15) is 10.6 Å². The van der Waals surface area contributed by atoms with Gasteiger partial charge in [0.05, 0.1) is 18.1 Å². The van der Waals surface area contributed by atoms with E-state index in [2.05, 4.69) is 11.9 Å². The molecule has 7 heteroatoms. The highest BCUT2D eigenvalue weighted by Crippen LogP contribution is 2.39. The molecule has 26 heavy (non-hydrogen) atoms. The Balaban J connectivity index is 1.61. The number of hydrogen-bond donors (Lipinski definition) is 1. The summed E-state index contributed by atoms with van der Waals surface area (Å²) >= 11 is 9.47. The first kappa shape index (κ1) is 18.0. The van der Waals surface area contributed by atoms with Gasteiger partial charge >= 0.3 is 0 Å². The highest BCUT2D eigenvalue weighted by Gasteiger charge is 2.25. The molecular formula is C19H20ClN3OS2. The third-order valence-electron chi connectivity index (χ3n) is 4.55. The Morgan fingerprint density at radius 3 is 3.00 bits per heavy atom. The molecule has 2 N–H and O–H groups in total. The van der Waals surface area contributed by atoms with Gasteiger partial charge in [-0.2, -0.15) is 0 Å². The lowest BCUT2D eigenvalue weighted by Gasteiger charge is -2.22. The van der Waals surface area contributed by atoms with Gasteiger partial charge in [0, 0.05) is 22.1 Å². The van der Waals surface area contributed by atoms with Crippen LogP contribution in [0.1, 0.15) is 35.8 Å². The third-order valence-corrected chi connectivity index (χ3v) is 6.91. The average Bonchev–Trinajstić information content (AvgIpc) is 2.99. The minimum Gasteiger partial charge on any atom is -0.383 e. The zero-order valence-corrected chi connectivity index (χ0v) is 16.9. The summed E-state index contributed by atoms with van der Waals surface area (Å²) in [6.07, 6.45) is 3.38. The number of hydrogen-bond acceptors (Lipinski definition) is 6. The second-order valence-electron chi connectivity index (χ2n) is 6.38. The van der Waals surface area contributed by atoms with E-state index in [9.17, 15) is 0 Å². The summed E-state index contributed by atoms with van der Waals surface area (Å²) < 4.78 is 5.96. The maximum absolute atomic E-state index is 6.32. The zero-order chi connectivity index (χ0) is 18.1. The fraction of sp³-hybridized carbons (Fsp3) is 0.368. The van der Waals surface area contributed by atoms with Crippen molar-refractivity contribution in [2.75, 3.05) is 5.73 Å². The van der Waals surface area contributed by atoms with Crippen LogP contribution in [0.2, 0.25) is 5.02 Å². The molecule has 0 bridgehead atoms. The number of aromatic nitrogens is 2. The number of thiophene rings is 1. The van der Waals surface area contributed by atoms with Gasteiger partial charge in [0.15, 0.2) is 5.16 Å². The summed E-state index contributed by atoms with van der Waals surface area (Å²) in [4.78, 5) is 11.5. The molecular weight excluding hydrogens is 386 g/mol. The van der Waals surface area contributed by atoms with E-state index in [-0.39, 0.29) is 6.10 Å². The van der Waals surface area contributed by atoms with Gasteiger partial charge in [-0.3, -0.25) is 0 Å². The van der Waals surface area contributed by atoms with Gasteiger partial charge < -0.3 is 10.5 Å². The highest BCUT2D eigenvalue weighted by molar-refractivity contribution is 7.98. The van der Waals surface area contributed by atoms with Gasteiger partial charge in [-0.25, -0.2) is 9.97 Å². The van der Waals surface area contributed by atoms with E-state index >= 15 is 0 Å². The number of anilines is 1. The van der Waals surface area contributed by atoms with Crippen LogP contribution in [0.15, 0.2) is 29.4 Å². The summed E-state index contributed by atoms with van der Waals surface area (Å²) in [6.45, 7) is 2.84. The zero-order valence-electron chi connectivity index (χ0n) is 14.5. The quantitative estimate of drug-likeness (QED) is 0.451. The first-order valence-electron chi connectivity index (χ1n) is 8.71. The first-order chi connectivity index (χ1) is 12.7. The van der Waals surface area contributed by atoms with Crippen LogP contribution in [0.4, 0.5) is 5.82 Å². The number of nitrogen functional groups attached to an aromatic ring is 1. The Hall–Kier alpha value is -1.34. The summed E-state index contributed by atoms with van der Waals surface area (Å²) in [7, 11) is 0. The third kappa shape index (κ3) is 3.56. The van der Waals surface area contributed by atoms with E-state index in [1.165, 1.54) is 10.4 Å². The molecule has 0 amide bonds. The van der Waals surface area contributed by atoms with E-state index < -0.39 is 0 Å². The summed E-state index contributed by atoms with van der Waals surface area (Å²) in [5.74, 6) is 1.29. The van der Waals surface area contributed by atoms with Crippen molar-refractivity contribution in [3.8, 4) is 0 Å². The Morgan fingerprint density at radius 2 is 2.19 bits per heavy atom. The molecule has 0 radical (unpaired) electrons. The Labute approximate surface area is 166 Å². The second kappa shape index (κ2) is 7.72. The predicted molar refractivity (Wildman–Crippen MR) is 110 cm³/mol. The van der Waals surface area contributed by atoms with Crippen LogP contribution in [-0.2, 0) is 23.5 Å². The number of ether oxygens (including phenoxy) is 1. The van der Waals surface area contributed by atoms with Gasteiger partial charge in [-0.1, -0.05) is 54.9 Å². The van der Waals surface area contributed by atoms with Crippen LogP contribution < -0.4 is 5.73 Å². The van der Waals surface area contributed by atoms with Gasteiger partial charge in [-0.05, 0) is 23.6 Å². The lowest BCUT2D eigenvalue weighted by molar-refractivity contribution is 0.0254. The molecule has 4 nitrogen and oxygen atoms in total. The molecule has 1 aromatic carbocycles. The fourth-order valence-electron chi connectivity index (χ4n) is 3.25. The molecule has 136 valence electrons. The number of thioether (sulfide) groups is 1. The van der Waals surface area contributed by atoms with Crippen LogP contribution in [0, 0.1) is 0 Å². The number of halogens is 1. The smallest absolute Gasteiger partial charge is 0.191 e. The molecule has 2 aromatic heterocycles. The van der Waals surface area contributed by atoms with Crippen LogP contribution in [0.25, 0.3) is 10.2 Å². The van der Waals surface area contributed by atoms with E-state index in [4.69, 9.17) is 27.1 Å². The van der Waals surface area contributed by atoms with Crippen molar-refractivity contribution in [1.82, 2.24) is 9.97 Å². The SMILES string of the molecule is CCC[C@H]1Cc2c(sc3nc(SCc4ccccc4Cl)nc(N)c23)CO1. The summed E-state index contributed by atoms with van der Waals surface area (Å²) in [5, 5.41) is 2.48. The minimum absolute atomic E-state index is 0.277. The molecule has 1 aliphatic rings. The van der Waals surface area contributed by atoms with Crippen molar-refractivity contribution in [2.24, 2.45) is 0 Å². The van der Waals surface area contributed by atoms with Crippen LogP contribution in [-0.4, -0.2) is 16.1 Å². The normalized spacial score (nSPS) is 16.8. The molecule has 1 aliphatic heterocycles. The van der Waals surface area contributed by atoms with Gasteiger partial charge in [0.25, 0.3) is 0 Å². The molecule has 3 aromatic rings. The number of nitrogens with zero attached hydrogens (tertiary/aromatic N) is 2. The van der Waals surface area contributed by atoms with Crippen molar-refractivity contribution in [1.29, 1.82) is 0 Å². The number of benzene rings is 1. The summed E-state index contributed by atoms with van der Waals surface area (Å²) in [6, 6.07) is 7.84. The number of nitrogens with two attached hydrogens (primary N) is 1. The standard InChI is InChI=1S/C19H20ClN3OS2/c1-2-5-12-8-13-15(9-24-12)26-18-16(13)17(21)22-19(23-18)25-10-11-6-3-4-7-14(11)20/h3-4,6-7,12H,2,5,8-10H2,1H3,(H2,21,22,23)/t12-/m0/s1. The minimum atomic E-state index is 0.277. The largest absolute Gasteiger partial charge is 0.383 e. The lowest BCUT2D eigenvalue weighted by Crippen LogP contribution is -2.21. The van der Waals surface area contributed by atoms with Crippen LogP contribution >= 0.6 is 34.7 Å². The van der Waals surface area contributed by atoms with Crippen molar-refractivity contribution in [3.05, 3.63) is 45.3 Å². The van der Waals surface area contributed by atoms with Gasteiger partial charge in [-0.15, -0.1) is 11.3 Å². The maximum atomic E-state index is 6.32. The molecule has 0 spiro atoms. The van der Waals surface area contributed by atoms with E-state index in [1.54, 1.807) is 23.1 Å². The molecule has 3 heterocycles. The van der Waals surface area contributed by atoms with Crippen molar-refractivity contribution < 1.29 is 4.74 Å². The Kier molecular flexibility index (Phi) is 5.36. The molecule has 1 atom stereocenters. The lowest BCUT2D eigenvalue weighted by atomic mass is 10.0. The van der Waals surface area contributed by atoms with Crippen molar-refractivity contribution in [3.63, 3.8) is 0 Å². The van der Waals surface area contributed by atoms with E-state index in [1.807, 2.05) is 24.3 Å². The second-order valence-corrected chi connectivity index (χ2v) is 8.81. The molecule has 4 rings (SSSR count). The molecule has 0 fully saturated rings.